The first-order valence-corrected chi connectivity index (χ1v) is 26.6. The quantitative estimate of drug-likeness (QED) is 0.137. The Balaban J connectivity index is 0.808. The molecule has 0 atom stereocenters. The zero-order valence-corrected chi connectivity index (χ0v) is 42.5. The normalized spacial score (nSPS) is 11.6. The second-order valence-electron chi connectivity index (χ2n) is 20.0. The number of hydrogen-bond acceptors (Lipinski definition) is 2. The van der Waals surface area contributed by atoms with Gasteiger partial charge in [0.05, 0.1) is 33.1 Å². The van der Waals surface area contributed by atoms with Gasteiger partial charge in [-0.2, -0.15) is 0 Å². The third kappa shape index (κ3) is 7.67. The van der Waals surface area contributed by atoms with Crippen LogP contribution in [0.5, 0.6) is 0 Å². The van der Waals surface area contributed by atoms with Crippen molar-refractivity contribution < 1.29 is 0 Å². The van der Waals surface area contributed by atoms with E-state index in [0.29, 0.717) is 0 Å². The van der Waals surface area contributed by atoms with E-state index >= 15 is 0 Å². The molecular formula is C73H49N5. The number of benzene rings is 12. The van der Waals surface area contributed by atoms with E-state index in [1.807, 2.05) is 0 Å². The van der Waals surface area contributed by atoms with Gasteiger partial charge in [-0.1, -0.05) is 176 Å². The minimum Gasteiger partial charge on any atom is -0.311 e. The maximum atomic E-state index is 5.18. The van der Waals surface area contributed by atoms with Crippen molar-refractivity contribution in [2.45, 2.75) is 0 Å². The van der Waals surface area contributed by atoms with Crippen LogP contribution in [-0.2, 0) is 0 Å². The van der Waals surface area contributed by atoms with Gasteiger partial charge in [0.1, 0.15) is 5.82 Å². The topological polar surface area (TPSA) is 30.9 Å². The Kier molecular flexibility index (Phi) is 10.8. The highest BCUT2D eigenvalue weighted by atomic mass is 15.1. The number of rotatable bonds is 10. The Bertz CT molecular complexity index is 4690. The van der Waals surface area contributed by atoms with Crippen LogP contribution in [0.3, 0.4) is 0 Å². The zero-order chi connectivity index (χ0) is 51.5. The lowest BCUT2D eigenvalue weighted by Gasteiger charge is -2.26. The molecule has 0 saturated carbocycles. The number of aromatic nitrogens is 4. The monoisotopic (exact) mass is 995 g/mol. The first kappa shape index (κ1) is 44.9. The maximum absolute atomic E-state index is 5.18. The Hall–Kier alpha value is -10.5. The molecule has 0 amide bonds. The Morgan fingerprint density at radius 2 is 0.628 bits per heavy atom. The average molecular weight is 996 g/mol. The lowest BCUT2D eigenvalue weighted by atomic mass is 10.0. The van der Waals surface area contributed by atoms with Crippen LogP contribution in [0.1, 0.15) is 0 Å². The van der Waals surface area contributed by atoms with Gasteiger partial charge in [0.25, 0.3) is 0 Å². The third-order valence-corrected chi connectivity index (χ3v) is 15.4. The Labute approximate surface area is 452 Å². The summed E-state index contributed by atoms with van der Waals surface area (Å²) in [5.74, 6) is 0.913. The van der Waals surface area contributed by atoms with E-state index in [4.69, 9.17) is 4.98 Å². The first-order valence-electron chi connectivity index (χ1n) is 26.6. The van der Waals surface area contributed by atoms with Crippen molar-refractivity contribution in [2.75, 3.05) is 4.90 Å². The van der Waals surface area contributed by atoms with Crippen molar-refractivity contribution in [3.8, 4) is 61.8 Å². The number of nitrogens with zero attached hydrogens (tertiary/aromatic N) is 5. The van der Waals surface area contributed by atoms with Crippen LogP contribution in [-0.4, -0.2) is 18.7 Å². The van der Waals surface area contributed by atoms with Gasteiger partial charge in [0.15, 0.2) is 0 Å². The fraction of sp³-hybridized carbons (Fsp3) is 0. The molecule has 15 rings (SSSR count). The number of hydrogen-bond donors (Lipinski definition) is 0. The van der Waals surface area contributed by atoms with E-state index in [2.05, 4.69) is 316 Å². The van der Waals surface area contributed by atoms with Gasteiger partial charge in [0, 0.05) is 61.2 Å². The molecule has 0 bridgehead atoms. The highest BCUT2D eigenvalue weighted by Gasteiger charge is 2.19. The van der Waals surface area contributed by atoms with Crippen LogP contribution in [0.25, 0.3) is 116 Å². The second kappa shape index (κ2) is 18.7. The summed E-state index contributed by atoms with van der Waals surface area (Å²) in [4.78, 5) is 7.54. The molecule has 0 N–H and O–H groups in total. The zero-order valence-electron chi connectivity index (χ0n) is 42.5. The van der Waals surface area contributed by atoms with Crippen LogP contribution >= 0.6 is 0 Å². The smallest absolute Gasteiger partial charge is 0.145 e. The molecule has 3 heterocycles. The van der Waals surface area contributed by atoms with Crippen LogP contribution in [0.15, 0.2) is 297 Å². The van der Waals surface area contributed by atoms with Gasteiger partial charge in [-0.05, 0) is 155 Å². The van der Waals surface area contributed by atoms with Gasteiger partial charge in [-0.25, -0.2) is 4.98 Å². The van der Waals surface area contributed by atoms with E-state index < -0.39 is 0 Å². The van der Waals surface area contributed by atoms with Crippen molar-refractivity contribution in [3.05, 3.63) is 297 Å². The minimum absolute atomic E-state index is 0.913. The Morgan fingerprint density at radius 1 is 0.231 bits per heavy atom. The SMILES string of the molecule is c1ccc(-n2c(-c3cccc(-c4ccc(N(c5ccc(-c6ccc7c(c6)c6ccccc6n7-c6ccccc6)cc5)c5ccc(-c6ccc7c8ccccc8n(-c8ccccc8)c7c6)cc5)cc4)c3)nc3ccccc32)cc1. The largest absolute Gasteiger partial charge is 0.311 e. The number of fused-ring (bicyclic) bond motifs is 7. The molecule has 366 valence electrons. The first-order chi connectivity index (χ1) is 38.7. The molecule has 0 aliphatic carbocycles. The molecule has 78 heavy (non-hydrogen) atoms. The van der Waals surface area contributed by atoms with Crippen molar-refractivity contribution in [1.29, 1.82) is 0 Å². The van der Waals surface area contributed by atoms with Crippen molar-refractivity contribution in [2.24, 2.45) is 0 Å². The van der Waals surface area contributed by atoms with Crippen molar-refractivity contribution >= 4 is 71.7 Å². The summed E-state index contributed by atoms with van der Waals surface area (Å²) >= 11 is 0. The minimum atomic E-state index is 0.913. The molecule has 0 aliphatic rings. The highest BCUT2D eigenvalue weighted by molar-refractivity contribution is 6.11. The lowest BCUT2D eigenvalue weighted by molar-refractivity contribution is 1.10. The van der Waals surface area contributed by atoms with Crippen LogP contribution in [0.4, 0.5) is 17.1 Å². The molecule has 0 radical (unpaired) electrons. The summed E-state index contributed by atoms with van der Waals surface area (Å²) < 4.78 is 7.02. The van der Waals surface area contributed by atoms with Gasteiger partial charge in [-0.15, -0.1) is 0 Å². The molecule has 0 spiro atoms. The predicted octanol–water partition coefficient (Wildman–Crippen LogP) is 19.4. The van der Waals surface area contributed by atoms with Crippen molar-refractivity contribution in [3.63, 3.8) is 0 Å². The van der Waals surface area contributed by atoms with E-state index in [1.54, 1.807) is 0 Å². The molecule has 12 aromatic carbocycles. The lowest BCUT2D eigenvalue weighted by Crippen LogP contribution is -2.09. The molecule has 15 aromatic rings. The van der Waals surface area contributed by atoms with Crippen LogP contribution in [0.2, 0.25) is 0 Å². The summed E-state index contributed by atoms with van der Waals surface area (Å²) in [6.07, 6.45) is 0. The van der Waals surface area contributed by atoms with E-state index in [1.165, 1.54) is 54.7 Å². The molecule has 0 unspecified atom stereocenters. The standard InChI is InChI=1S/C73H49N5/c1-4-19-57(20-5-1)76-69-29-14-11-26-64(69)66-48-54(38-46-70(66)76)51-33-41-61(42-34-51)75(62-43-35-52(36-44-62)55-37-45-65-63-25-10-13-28-68(63)77(72(65)49-55)58-21-6-2-7-22-58)60-39-31-50(32-40-60)53-17-16-18-56(47-53)73-74-67-27-12-15-30-71(67)78(73)59-23-8-3-9-24-59/h1-49H. The Morgan fingerprint density at radius 3 is 1.21 bits per heavy atom. The van der Waals surface area contributed by atoms with Gasteiger partial charge in [0.2, 0.25) is 0 Å². The molecule has 0 fully saturated rings. The molecule has 0 aliphatic heterocycles. The third-order valence-electron chi connectivity index (χ3n) is 15.4. The van der Waals surface area contributed by atoms with Crippen molar-refractivity contribution in [1.82, 2.24) is 18.7 Å². The van der Waals surface area contributed by atoms with Crippen LogP contribution < -0.4 is 4.90 Å². The molecular weight excluding hydrogens is 947 g/mol. The number of para-hydroxylation sites is 7. The molecule has 3 aromatic heterocycles. The van der Waals surface area contributed by atoms with E-state index in [-0.39, 0.29) is 0 Å². The molecule has 5 heteroatoms. The average Bonchev–Trinajstić information content (AvgIpc) is 4.34. The van der Waals surface area contributed by atoms with Gasteiger partial charge >= 0.3 is 0 Å². The summed E-state index contributed by atoms with van der Waals surface area (Å²) in [5.41, 5.74) is 21.4. The summed E-state index contributed by atoms with van der Waals surface area (Å²) in [7, 11) is 0. The number of imidazole rings is 1. The van der Waals surface area contributed by atoms with Crippen LogP contribution in [0, 0.1) is 0 Å². The summed E-state index contributed by atoms with van der Waals surface area (Å²) in [6.45, 7) is 0. The van der Waals surface area contributed by atoms with Gasteiger partial charge in [-0.3, -0.25) is 4.57 Å². The second-order valence-corrected chi connectivity index (χ2v) is 20.0. The molecule has 5 nitrogen and oxygen atoms in total. The van der Waals surface area contributed by atoms with E-state index in [0.717, 1.165) is 78.8 Å². The van der Waals surface area contributed by atoms with Gasteiger partial charge < -0.3 is 14.0 Å². The summed E-state index contributed by atoms with van der Waals surface area (Å²) in [6, 6.07) is 107. The molecule has 0 saturated heterocycles. The summed E-state index contributed by atoms with van der Waals surface area (Å²) in [5, 5.41) is 4.97. The predicted molar refractivity (Wildman–Crippen MR) is 326 cm³/mol. The number of anilines is 3. The maximum Gasteiger partial charge on any atom is 0.145 e. The van der Waals surface area contributed by atoms with E-state index in [9.17, 15) is 0 Å². The fourth-order valence-electron chi connectivity index (χ4n) is 11.8. The highest BCUT2D eigenvalue weighted by Crippen LogP contribution is 2.41. The fourth-order valence-corrected chi connectivity index (χ4v) is 11.8.